The van der Waals surface area contributed by atoms with Gasteiger partial charge < -0.3 is 14.8 Å². The number of aryl methyl sites for hydroxylation is 1. The molecule has 2 aromatic carbocycles. The molecule has 0 heterocycles. The highest BCUT2D eigenvalue weighted by Gasteiger charge is 2.13. The first-order chi connectivity index (χ1) is 10.5. The Labute approximate surface area is 140 Å². The topological polar surface area (TPSA) is 30.5 Å². The number of ether oxygens (including phenoxy) is 2. The van der Waals surface area contributed by atoms with Crippen LogP contribution in [0.25, 0.3) is 0 Å². The molecule has 0 saturated carbocycles. The zero-order chi connectivity index (χ0) is 16.1. The molecule has 0 spiro atoms. The van der Waals surface area contributed by atoms with Crippen LogP contribution in [0.3, 0.4) is 0 Å². The van der Waals surface area contributed by atoms with Crippen molar-refractivity contribution < 1.29 is 9.47 Å². The van der Waals surface area contributed by atoms with Crippen LogP contribution in [-0.2, 0) is 6.54 Å². The molecule has 0 unspecified atom stereocenters. The van der Waals surface area contributed by atoms with Crippen molar-refractivity contribution in [2.45, 2.75) is 33.4 Å². The fraction of sp³-hybridized carbons (Fsp3) is 0.333. The molecule has 0 fully saturated rings. The quantitative estimate of drug-likeness (QED) is 0.768. The van der Waals surface area contributed by atoms with Crippen molar-refractivity contribution in [1.82, 2.24) is 0 Å². The molecule has 0 bridgehead atoms. The third kappa shape index (κ3) is 4.41. The second kappa shape index (κ2) is 7.54. The third-order valence-corrected chi connectivity index (χ3v) is 3.78. The number of nitrogens with one attached hydrogen (secondary N) is 1. The molecule has 0 saturated heterocycles. The maximum atomic E-state index is 5.81. The fourth-order valence-electron chi connectivity index (χ4n) is 2.10. The van der Waals surface area contributed by atoms with E-state index in [-0.39, 0.29) is 6.10 Å². The van der Waals surface area contributed by atoms with Gasteiger partial charge in [0.1, 0.15) is 0 Å². The lowest BCUT2D eigenvalue weighted by atomic mass is 10.2. The second-order valence-electron chi connectivity index (χ2n) is 5.50. The summed E-state index contributed by atoms with van der Waals surface area (Å²) >= 11 is 3.57. The maximum absolute atomic E-state index is 5.81. The fourth-order valence-corrected chi connectivity index (χ4v) is 2.68. The van der Waals surface area contributed by atoms with Gasteiger partial charge in [0.15, 0.2) is 11.5 Å². The monoisotopic (exact) mass is 363 g/mol. The molecule has 0 aliphatic heterocycles. The van der Waals surface area contributed by atoms with E-state index in [2.05, 4.69) is 58.5 Å². The van der Waals surface area contributed by atoms with Crippen molar-refractivity contribution in [1.29, 1.82) is 0 Å². The maximum Gasteiger partial charge on any atom is 0.175 e. The highest BCUT2D eigenvalue weighted by atomic mass is 79.9. The van der Waals surface area contributed by atoms with Gasteiger partial charge in [0, 0.05) is 12.2 Å². The molecule has 0 atom stereocenters. The lowest BCUT2D eigenvalue weighted by Crippen LogP contribution is -2.08. The van der Waals surface area contributed by atoms with Gasteiger partial charge in [-0.2, -0.15) is 0 Å². The van der Waals surface area contributed by atoms with Crippen LogP contribution in [0.4, 0.5) is 5.69 Å². The van der Waals surface area contributed by atoms with Gasteiger partial charge in [-0.25, -0.2) is 0 Å². The average molecular weight is 364 g/mol. The van der Waals surface area contributed by atoms with E-state index < -0.39 is 0 Å². The summed E-state index contributed by atoms with van der Waals surface area (Å²) in [7, 11) is 1.66. The smallest absolute Gasteiger partial charge is 0.175 e. The summed E-state index contributed by atoms with van der Waals surface area (Å²) < 4.78 is 12.2. The summed E-state index contributed by atoms with van der Waals surface area (Å²) in [5.41, 5.74) is 3.48. The van der Waals surface area contributed by atoms with Gasteiger partial charge in [-0.15, -0.1) is 0 Å². The first kappa shape index (κ1) is 16.7. The van der Waals surface area contributed by atoms with Crippen LogP contribution in [0.2, 0.25) is 0 Å². The van der Waals surface area contributed by atoms with E-state index in [1.165, 1.54) is 5.56 Å². The molecule has 0 aromatic heterocycles. The first-order valence-corrected chi connectivity index (χ1v) is 8.12. The normalized spacial score (nSPS) is 10.6. The number of halogens is 1. The van der Waals surface area contributed by atoms with Gasteiger partial charge in [-0.1, -0.05) is 17.7 Å². The van der Waals surface area contributed by atoms with Gasteiger partial charge in [-0.3, -0.25) is 0 Å². The molecule has 22 heavy (non-hydrogen) atoms. The number of rotatable bonds is 6. The summed E-state index contributed by atoms with van der Waals surface area (Å²) in [4.78, 5) is 0. The Hall–Kier alpha value is -1.68. The Balaban J connectivity index is 2.14. The summed E-state index contributed by atoms with van der Waals surface area (Å²) in [6.07, 6.45) is 0.0988. The van der Waals surface area contributed by atoms with Crippen molar-refractivity contribution in [2.24, 2.45) is 0 Å². The number of benzene rings is 2. The van der Waals surface area contributed by atoms with Gasteiger partial charge >= 0.3 is 0 Å². The second-order valence-corrected chi connectivity index (χ2v) is 6.35. The predicted molar refractivity (Wildman–Crippen MR) is 95.0 cm³/mol. The first-order valence-electron chi connectivity index (χ1n) is 7.33. The van der Waals surface area contributed by atoms with Crippen molar-refractivity contribution >= 4 is 21.6 Å². The van der Waals surface area contributed by atoms with Crippen LogP contribution in [0, 0.1) is 6.92 Å². The van der Waals surface area contributed by atoms with Gasteiger partial charge in [-0.05, 0) is 66.5 Å². The molecule has 0 aliphatic carbocycles. The largest absolute Gasteiger partial charge is 0.493 e. The lowest BCUT2D eigenvalue weighted by molar-refractivity contribution is 0.228. The van der Waals surface area contributed by atoms with E-state index >= 15 is 0 Å². The Kier molecular flexibility index (Phi) is 5.72. The average Bonchev–Trinajstić information content (AvgIpc) is 2.48. The Morgan fingerprint density at radius 3 is 2.41 bits per heavy atom. The van der Waals surface area contributed by atoms with Gasteiger partial charge in [0.2, 0.25) is 0 Å². The summed E-state index contributed by atoms with van der Waals surface area (Å²) in [5, 5.41) is 3.41. The molecule has 0 aliphatic rings. The molecule has 118 valence electrons. The molecule has 1 N–H and O–H groups in total. The zero-order valence-electron chi connectivity index (χ0n) is 13.4. The van der Waals surface area contributed by atoms with Crippen molar-refractivity contribution in [3.63, 3.8) is 0 Å². The van der Waals surface area contributed by atoms with Crippen LogP contribution < -0.4 is 14.8 Å². The molecular weight excluding hydrogens is 342 g/mol. The highest BCUT2D eigenvalue weighted by molar-refractivity contribution is 9.10. The minimum atomic E-state index is 0.0988. The lowest BCUT2D eigenvalue weighted by Gasteiger charge is -2.17. The van der Waals surface area contributed by atoms with Gasteiger partial charge in [0.05, 0.1) is 17.7 Å². The zero-order valence-corrected chi connectivity index (χ0v) is 15.0. The van der Waals surface area contributed by atoms with Crippen LogP contribution in [0.5, 0.6) is 11.5 Å². The molecule has 2 aromatic rings. The summed E-state index contributed by atoms with van der Waals surface area (Å²) in [5.74, 6) is 1.49. The molecule has 0 radical (unpaired) electrons. The number of methoxy groups -OCH3 is 1. The van der Waals surface area contributed by atoms with Crippen molar-refractivity contribution in [3.8, 4) is 11.5 Å². The molecule has 0 amide bonds. The number of anilines is 1. The Bertz CT molecular complexity index is 624. The van der Waals surface area contributed by atoms with Crippen LogP contribution in [-0.4, -0.2) is 13.2 Å². The van der Waals surface area contributed by atoms with E-state index in [4.69, 9.17) is 9.47 Å². The van der Waals surface area contributed by atoms with E-state index in [1.54, 1.807) is 7.11 Å². The Morgan fingerprint density at radius 2 is 1.82 bits per heavy atom. The molecular formula is C18H22BrNO2. The Morgan fingerprint density at radius 1 is 1.14 bits per heavy atom. The van der Waals surface area contributed by atoms with Crippen LogP contribution in [0.15, 0.2) is 40.9 Å². The van der Waals surface area contributed by atoms with E-state index in [0.717, 1.165) is 33.8 Å². The van der Waals surface area contributed by atoms with Crippen LogP contribution >= 0.6 is 15.9 Å². The van der Waals surface area contributed by atoms with E-state index in [0.29, 0.717) is 0 Å². The van der Waals surface area contributed by atoms with Crippen molar-refractivity contribution in [2.75, 3.05) is 12.4 Å². The highest BCUT2D eigenvalue weighted by Crippen LogP contribution is 2.37. The van der Waals surface area contributed by atoms with E-state index in [1.807, 2.05) is 19.9 Å². The number of hydrogen-bond donors (Lipinski definition) is 1. The molecule has 3 nitrogen and oxygen atoms in total. The SMILES string of the molecule is COc1cc(CNc2ccc(C)cc2)cc(Br)c1OC(C)C. The summed E-state index contributed by atoms with van der Waals surface area (Å²) in [6, 6.07) is 12.4. The van der Waals surface area contributed by atoms with Gasteiger partial charge in [0.25, 0.3) is 0 Å². The predicted octanol–water partition coefficient (Wildman–Crippen LogP) is 5.17. The van der Waals surface area contributed by atoms with E-state index in [9.17, 15) is 0 Å². The minimum absolute atomic E-state index is 0.0988. The summed E-state index contributed by atoms with van der Waals surface area (Å²) in [6.45, 7) is 6.80. The van der Waals surface area contributed by atoms with Crippen LogP contribution in [0.1, 0.15) is 25.0 Å². The third-order valence-electron chi connectivity index (χ3n) is 3.19. The molecule has 2 rings (SSSR count). The number of hydrogen-bond acceptors (Lipinski definition) is 3. The minimum Gasteiger partial charge on any atom is -0.493 e. The standard InChI is InChI=1S/C18H22BrNO2/c1-12(2)22-18-16(19)9-14(10-17(18)21-4)11-20-15-7-5-13(3)6-8-15/h5-10,12,20H,11H2,1-4H3. The molecule has 4 heteroatoms. The van der Waals surface area contributed by atoms with Crippen molar-refractivity contribution in [3.05, 3.63) is 52.0 Å².